The first-order chi connectivity index (χ1) is 9.94. The predicted molar refractivity (Wildman–Crippen MR) is 81.9 cm³/mol. The maximum atomic E-state index is 9.18. The first-order valence-corrected chi connectivity index (χ1v) is 6.86. The van der Waals surface area contributed by atoms with Crippen LogP contribution in [0.1, 0.15) is 31.9 Å². The van der Waals surface area contributed by atoms with Gasteiger partial charge in [-0.25, -0.2) is 4.98 Å². The van der Waals surface area contributed by atoms with Crippen LogP contribution >= 0.6 is 0 Å². The highest BCUT2D eigenvalue weighted by atomic mass is 16.5. The molecule has 0 atom stereocenters. The molecule has 0 unspecified atom stereocenters. The number of aromatic nitrogens is 1. The van der Waals surface area contributed by atoms with Crippen molar-refractivity contribution >= 4 is 0 Å². The van der Waals surface area contributed by atoms with Crippen LogP contribution in [0, 0.1) is 0 Å². The Hall–Kier alpha value is -2.07. The molecule has 0 saturated carbocycles. The molecule has 112 valence electrons. The summed E-state index contributed by atoms with van der Waals surface area (Å²) >= 11 is 0. The largest absolute Gasteiger partial charge is 0.497 e. The topological polar surface area (TPSA) is 51.6 Å². The van der Waals surface area contributed by atoms with Crippen LogP contribution in [0.2, 0.25) is 0 Å². The molecule has 2 rings (SSSR count). The summed E-state index contributed by atoms with van der Waals surface area (Å²) in [4.78, 5) is 4.18. The number of benzene rings is 1. The molecule has 21 heavy (non-hydrogen) atoms. The molecule has 0 bridgehead atoms. The van der Waals surface area contributed by atoms with Gasteiger partial charge in [0.1, 0.15) is 11.5 Å². The molecule has 0 aliphatic carbocycles. The number of rotatable bonds is 4. The van der Waals surface area contributed by atoms with Crippen molar-refractivity contribution in [2.75, 3.05) is 7.11 Å². The fourth-order valence-corrected chi connectivity index (χ4v) is 2.03. The average Bonchev–Trinajstić information content (AvgIpc) is 2.46. The van der Waals surface area contributed by atoms with Gasteiger partial charge in [-0.15, -0.1) is 0 Å². The van der Waals surface area contributed by atoms with Gasteiger partial charge in [-0.1, -0.05) is 20.8 Å². The number of ether oxygens (including phenoxy) is 2. The van der Waals surface area contributed by atoms with E-state index in [-0.39, 0.29) is 12.0 Å². The second kappa shape index (κ2) is 6.14. The summed E-state index contributed by atoms with van der Waals surface area (Å²) < 4.78 is 11.2. The Morgan fingerprint density at radius 3 is 2.52 bits per heavy atom. The van der Waals surface area contributed by atoms with Crippen LogP contribution in [-0.4, -0.2) is 17.2 Å². The molecule has 4 heteroatoms. The van der Waals surface area contributed by atoms with E-state index in [0.717, 1.165) is 22.6 Å². The fraction of sp³-hybridized carbons (Fsp3) is 0.353. The summed E-state index contributed by atoms with van der Waals surface area (Å²) in [5, 5.41) is 9.18. The Kier molecular flexibility index (Phi) is 4.48. The number of methoxy groups -OCH3 is 1. The number of aliphatic hydroxyl groups excluding tert-OH is 1. The Bertz CT molecular complexity index is 618. The minimum absolute atomic E-state index is 0.0341. The normalized spacial score (nSPS) is 11.3. The second-order valence-electron chi connectivity index (χ2n) is 5.87. The third-order valence-corrected chi connectivity index (χ3v) is 3.19. The lowest BCUT2D eigenvalue weighted by atomic mass is 9.86. The van der Waals surface area contributed by atoms with E-state index in [1.165, 1.54) is 0 Å². The van der Waals surface area contributed by atoms with E-state index in [9.17, 15) is 5.11 Å². The van der Waals surface area contributed by atoms with Gasteiger partial charge in [0, 0.05) is 17.8 Å². The Labute approximate surface area is 125 Å². The smallest absolute Gasteiger partial charge is 0.219 e. The fourth-order valence-electron chi connectivity index (χ4n) is 2.03. The summed E-state index contributed by atoms with van der Waals surface area (Å²) in [6, 6.07) is 9.21. The summed E-state index contributed by atoms with van der Waals surface area (Å²) in [6.07, 6.45) is 1.63. The second-order valence-corrected chi connectivity index (χ2v) is 5.87. The molecule has 1 heterocycles. The molecule has 4 nitrogen and oxygen atoms in total. The first kappa shape index (κ1) is 15.3. The van der Waals surface area contributed by atoms with Crippen molar-refractivity contribution in [1.82, 2.24) is 4.98 Å². The quantitative estimate of drug-likeness (QED) is 0.932. The molecule has 0 amide bonds. The van der Waals surface area contributed by atoms with Crippen molar-refractivity contribution in [2.24, 2.45) is 0 Å². The van der Waals surface area contributed by atoms with E-state index in [2.05, 4.69) is 25.8 Å². The molecule has 0 aliphatic heterocycles. The molecule has 0 aliphatic rings. The maximum Gasteiger partial charge on any atom is 0.219 e. The zero-order valence-corrected chi connectivity index (χ0v) is 12.9. The first-order valence-electron chi connectivity index (χ1n) is 6.86. The number of aliphatic hydroxyl groups is 1. The highest BCUT2D eigenvalue weighted by Gasteiger charge is 2.20. The van der Waals surface area contributed by atoms with Crippen molar-refractivity contribution in [3.05, 3.63) is 47.7 Å². The SMILES string of the molecule is COc1ccc(Oc2cc(CO)ccn2)c(C(C)(C)C)c1. The molecule has 2 aromatic rings. The molecule has 0 radical (unpaired) electrons. The van der Waals surface area contributed by atoms with Crippen molar-refractivity contribution < 1.29 is 14.6 Å². The summed E-state index contributed by atoms with van der Waals surface area (Å²) in [5.74, 6) is 2.01. The monoisotopic (exact) mass is 287 g/mol. The van der Waals surface area contributed by atoms with Crippen LogP contribution in [0.25, 0.3) is 0 Å². The minimum atomic E-state index is -0.0849. The van der Waals surface area contributed by atoms with E-state index in [1.54, 1.807) is 25.4 Å². The van der Waals surface area contributed by atoms with Crippen molar-refractivity contribution in [2.45, 2.75) is 32.8 Å². The maximum absolute atomic E-state index is 9.18. The number of nitrogens with zero attached hydrogens (tertiary/aromatic N) is 1. The molecule has 0 saturated heterocycles. The average molecular weight is 287 g/mol. The lowest BCUT2D eigenvalue weighted by molar-refractivity contribution is 0.281. The van der Waals surface area contributed by atoms with Gasteiger partial charge >= 0.3 is 0 Å². The molecular weight excluding hydrogens is 266 g/mol. The van der Waals surface area contributed by atoms with Gasteiger partial charge in [-0.3, -0.25) is 0 Å². The van der Waals surface area contributed by atoms with E-state index in [4.69, 9.17) is 9.47 Å². The van der Waals surface area contributed by atoms with Crippen LogP contribution in [0.5, 0.6) is 17.4 Å². The molecular formula is C17H21NO3. The van der Waals surface area contributed by atoms with Crippen LogP contribution in [0.15, 0.2) is 36.5 Å². The molecule has 1 aromatic heterocycles. The van der Waals surface area contributed by atoms with E-state index >= 15 is 0 Å². The van der Waals surface area contributed by atoms with Gasteiger partial charge in [0.05, 0.1) is 13.7 Å². The summed E-state index contributed by atoms with van der Waals surface area (Å²) in [6.45, 7) is 6.32. The third kappa shape index (κ3) is 3.73. The van der Waals surface area contributed by atoms with E-state index < -0.39 is 0 Å². The minimum Gasteiger partial charge on any atom is -0.497 e. The number of hydrogen-bond acceptors (Lipinski definition) is 4. The molecule has 1 N–H and O–H groups in total. The number of pyridine rings is 1. The van der Waals surface area contributed by atoms with Crippen LogP contribution < -0.4 is 9.47 Å². The zero-order valence-electron chi connectivity index (χ0n) is 12.9. The lowest BCUT2D eigenvalue weighted by Crippen LogP contribution is -2.13. The highest BCUT2D eigenvalue weighted by molar-refractivity contribution is 5.45. The Morgan fingerprint density at radius 1 is 1.14 bits per heavy atom. The summed E-state index contributed by atoms with van der Waals surface area (Å²) in [7, 11) is 1.65. The molecule has 0 fully saturated rings. The van der Waals surface area contributed by atoms with E-state index in [1.807, 2.05) is 18.2 Å². The van der Waals surface area contributed by atoms with Crippen molar-refractivity contribution in [1.29, 1.82) is 0 Å². The van der Waals surface area contributed by atoms with Crippen molar-refractivity contribution in [3.8, 4) is 17.4 Å². The number of hydrogen-bond donors (Lipinski definition) is 1. The lowest BCUT2D eigenvalue weighted by Gasteiger charge is -2.23. The van der Waals surface area contributed by atoms with Crippen LogP contribution in [0.3, 0.4) is 0 Å². The van der Waals surface area contributed by atoms with E-state index in [0.29, 0.717) is 5.88 Å². The standard InChI is InChI=1S/C17H21NO3/c1-17(2,3)14-10-13(20-4)5-6-15(14)21-16-9-12(11-19)7-8-18-16/h5-10,19H,11H2,1-4H3. The highest BCUT2D eigenvalue weighted by Crippen LogP contribution is 2.36. The van der Waals surface area contributed by atoms with Gasteiger partial charge in [-0.05, 0) is 35.2 Å². The molecule has 1 aromatic carbocycles. The van der Waals surface area contributed by atoms with Crippen LogP contribution in [-0.2, 0) is 12.0 Å². The van der Waals surface area contributed by atoms with Crippen LogP contribution in [0.4, 0.5) is 0 Å². The van der Waals surface area contributed by atoms with Gasteiger partial charge in [0.15, 0.2) is 0 Å². The Balaban J connectivity index is 2.39. The Morgan fingerprint density at radius 2 is 1.90 bits per heavy atom. The third-order valence-electron chi connectivity index (χ3n) is 3.19. The molecule has 0 spiro atoms. The zero-order chi connectivity index (χ0) is 15.5. The van der Waals surface area contributed by atoms with Gasteiger partial charge in [-0.2, -0.15) is 0 Å². The van der Waals surface area contributed by atoms with Gasteiger partial charge in [0.25, 0.3) is 0 Å². The van der Waals surface area contributed by atoms with Gasteiger partial charge < -0.3 is 14.6 Å². The van der Waals surface area contributed by atoms with Gasteiger partial charge in [0.2, 0.25) is 5.88 Å². The summed E-state index contributed by atoms with van der Waals surface area (Å²) in [5.41, 5.74) is 1.72. The van der Waals surface area contributed by atoms with Crippen molar-refractivity contribution in [3.63, 3.8) is 0 Å². The predicted octanol–water partition coefficient (Wildman–Crippen LogP) is 3.67.